The highest BCUT2D eigenvalue weighted by atomic mass is 16.1. The first-order valence-corrected chi connectivity index (χ1v) is 6.48. The van der Waals surface area contributed by atoms with E-state index in [9.17, 15) is 4.79 Å². The van der Waals surface area contributed by atoms with Gasteiger partial charge in [-0.1, -0.05) is 30.3 Å². The summed E-state index contributed by atoms with van der Waals surface area (Å²) in [6.45, 7) is 0.559. The molecule has 3 aromatic rings. The van der Waals surface area contributed by atoms with Crippen molar-refractivity contribution in [2.75, 3.05) is 5.32 Å². The molecule has 1 aromatic carbocycles. The van der Waals surface area contributed by atoms with E-state index >= 15 is 0 Å². The van der Waals surface area contributed by atoms with Crippen LogP contribution in [0, 0.1) is 11.3 Å². The third-order valence-corrected chi connectivity index (χ3v) is 3.23. The molecule has 2 aromatic heterocycles. The van der Waals surface area contributed by atoms with Gasteiger partial charge < -0.3 is 10.3 Å². The van der Waals surface area contributed by atoms with Crippen molar-refractivity contribution in [3.05, 3.63) is 70.3 Å². The molecule has 0 fully saturated rings. The van der Waals surface area contributed by atoms with Gasteiger partial charge in [0.25, 0.3) is 5.56 Å². The van der Waals surface area contributed by atoms with E-state index < -0.39 is 0 Å². The van der Waals surface area contributed by atoms with Crippen LogP contribution in [-0.2, 0) is 6.54 Å². The molecule has 0 saturated heterocycles. The van der Waals surface area contributed by atoms with Gasteiger partial charge in [-0.15, -0.1) is 0 Å². The average Bonchev–Trinajstić information content (AvgIpc) is 2.54. The molecule has 21 heavy (non-hydrogen) atoms. The number of hydrogen-bond donors (Lipinski definition) is 2. The van der Waals surface area contributed by atoms with E-state index in [-0.39, 0.29) is 5.56 Å². The summed E-state index contributed by atoms with van der Waals surface area (Å²) in [5.74, 6) is 0.481. The van der Waals surface area contributed by atoms with Crippen LogP contribution in [0.25, 0.3) is 10.8 Å². The monoisotopic (exact) mass is 276 g/mol. The molecule has 0 bridgehead atoms. The standard InChI is InChI=1S/C16H12N4O/c17-8-12-10-20-15(14-13(12)6-7-18-16(14)21)19-9-11-4-2-1-3-5-11/h1-7,10H,9H2,(H,18,21)(H,19,20). The molecule has 5 nitrogen and oxygen atoms in total. The molecule has 0 radical (unpaired) electrons. The molecule has 0 saturated carbocycles. The zero-order valence-corrected chi connectivity index (χ0v) is 11.1. The van der Waals surface area contributed by atoms with Gasteiger partial charge in [0, 0.05) is 24.3 Å². The minimum Gasteiger partial charge on any atom is -0.365 e. The second-order valence-corrected chi connectivity index (χ2v) is 4.57. The summed E-state index contributed by atoms with van der Waals surface area (Å²) in [6, 6.07) is 13.6. The highest BCUT2D eigenvalue weighted by molar-refractivity contribution is 5.94. The Bertz CT molecular complexity index is 878. The van der Waals surface area contributed by atoms with Crippen LogP contribution < -0.4 is 10.9 Å². The Hall–Kier alpha value is -3.13. The number of hydrogen-bond acceptors (Lipinski definition) is 4. The number of anilines is 1. The highest BCUT2D eigenvalue weighted by Gasteiger charge is 2.10. The third-order valence-electron chi connectivity index (χ3n) is 3.23. The normalized spacial score (nSPS) is 10.2. The minimum absolute atomic E-state index is 0.257. The Kier molecular flexibility index (Phi) is 3.36. The lowest BCUT2D eigenvalue weighted by atomic mass is 10.1. The van der Waals surface area contributed by atoms with E-state index in [1.807, 2.05) is 30.3 Å². The van der Waals surface area contributed by atoms with Crippen molar-refractivity contribution in [3.63, 3.8) is 0 Å². The fourth-order valence-corrected chi connectivity index (χ4v) is 2.21. The maximum Gasteiger partial charge on any atom is 0.259 e. The quantitative estimate of drug-likeness (QED) is 0.769. The number of rotatable bonds is 3. The largest absolute Gasteiger partial charge is 0.365 e. The lowest BCUT2D eigenvalue weighted by molar-refractivity contribution is 1.11. The summed E-state index contributed by atoms with van der Waals surface area (Å²) in [5.41, 5.74) is 1.22. The van der Waals surface area contributed by atoms with Crippen molar-refractivity contribution in [1.29, 1.82) is 5.26 Å². The summed E-state index contributed by atoms with van der Waals surface area (Å²) in [6.07, 6.45) is 3.02. The molecular formula is C16H12N4O. The Morgan fingerprint density at radius 2 is 2.05 bits per heavy atom. The summed E-state index contributed by atoms with van der Waals surface area (Å²) < 4.78 is 0. The van der Waals surface area contributed by atoms with Crippen LogP contribution in [-0.4, -0.2) is 9.97 Å². The first-order valence-electron chi connectivity index (χ1n) is 6.48. The number of benzene rings is 1. The second kappa shape index (κ2) is 5.47. The summed E-state index contributed by atoms with van der Waals surface area (Å²) in [7, 11) is 0. The molecule has 5 heteroatoms. The molecule has 0 aliphatic carbocycles. The van der Waals surface area contributed by atoms with Gasteiger partial charge in [-0.2, -0.15) is 5.26 Å². The molecule has 0 aliphatic heterocycles. The number of H-pyrrole nitrogens is 1. The van der Waals surface area contributed by atoms with E-state index in [0.717, 1.165) is 5.56 Å². The van der Waals surface area contributed by atoms with Crippen LogP contribution in [0.2, 0.25) is 0 Å². The average molecular weight is 276 g/mol. The number of fused-ring (bicyclic) bond motifs is 1. The van der Waals surface area contributed by atoms with Crippen molar-refractivity contribution in [2.45, 2.75) is 6.54 Å². The van der Waals surface area contributed by atoms with Crippen LogP contribution in [0.4, 0.5) is 5.82 Å². The van der Waals surface area contributed by atoms with Gasteiger partial charge in [0.1, 0.15) is 11.9 Å². The topological polar surface area (TPSA) is 81.6 Å². The number of aromatic amines is 1. The van der Waals surface area contributed by atoms with E-state index in [2.05, 4.69) is 21.4 Å². The van der Waals surface area contributed by atoms with Crippen molar-refractivity contribution in [2.24, 2.45) is 0 Å². The Balaban J connectivity index is 2.04. The van der Waals surface area contributed by atoms with Gasteiger partial charge in [0.05, 0.1) is 10.9 Å². The van der Waals surface area contributed by atoms with Gasteiger partial charge >= 0.3 is 0 Å². The Morgan fingerprint density at radius 3 is 2.81 bits per heavy atom. The predicted octanol–water partition coefficient (Wildman–Crippen LogP) is 2.41. The van der Waals surface area contributed by atoms with E-state index in [1.165, 1.54) is 12.4 Å². The van der Waals surface area contributed by atoms with Crippen LogP contribution in [0.15, 0.2) is 53.6 Å². The smallest absolute Gasteiger partial charge is 0.259 e. The molecule has 0 unspecified atom stereocenters. The van der Waals surface area contributed by atoms with Gasteiger partial charge in [-0.05, 0) is 11.6 Å². The molecule has 2 heterocycles. The van der Waals surface area contributed by atoms with E-state index in [4.69, 9.17) is 5.26 Å². The number of aromatic nitrogens is 2. The first kappa shape index (κ1) is 12.9. The Morgan fingerprint density at radius 1 is 1.24 bits per heavy atom. The molecule has 0 amide bonds. The Labute approximate surface area is 120 Å². The number of nitriles is 1. The van der Waals surface area contributed by atoms with Gasteiger partial charge in [-0.25, -0.2) is 4.98 Å². The fraction of sp³-hybridized carbons (Fsp3) is 0.0625. The summed E-state index contributed by atoms with van der Waals surface area (Å²) >= 11 is 0. The predicted molar refractivity (Wildman–Crippen MR) is 80.8 cm³/mol. The molecule has 2 N–H and O–H groups in total. The third kappa shape index (κ3) is 2.47. The number of nitrogens with one attached hydrogen (secondary N) is 2. The van der Waals surface area contributed by atoms with Crippen molar-refractivity contribution >= 4 is 16.6 Å². The zero-order valence-electron chi connectivity index (χ0n) is 11.1. The van der Waals surface area contributed by atoms with Crippen molar-refractivity contribution in [3.8, 4) is 6.07 Å². The molecular weight excluding hydrogens is 264 g/mol. The molecule has 3 rings (SSSR count). The SMILES string of the molecule is N#Cc1cnc(NCc2ccccc2)c2c(=O)[nH]ccc12. The van der Waals surface area contributed by atoms with Crippen LogP contribution >= 0.6 is 0 Å². The van der Waals surface area contributed by atoms with Gasteiger partial charge in [0.15, 0.2) is 0 Å². The van der Waals surface area contributed by atoms with Crippen LogP contribution in [0.3, 0.4) is 0 Å². The molecule has 0 spiro atoms. The van der Waals surface area contributed by atoms with Gasteiger partial charge in [-0.3, -0.25) is 4.79 Å². The number of pyridine rings is 2. The van der Waals surface area contributed by atoms with Crippen molar-refractivity contribution in [1.82, 2.24) is 9.97 Å². The summed E-state index contributed by atoms with van der Waals surface area (Å²) in [4.78, 5) is 18.9. The summed E-state index contributed by atoms with van der Waals surface area (Å²) in [5, 5.41) is 13.3. The minimum atomic E-state index is -0.257. The van der Waals surface area contributed by atoms with Gasteiger partial charge in [0.2, 0.25) is 0 Å². The van der Waals surface area contributed by atoms with Crippen LogP contribution in [0.1, 0.15) is 11.1 Å². The van der Waals surface area contributed by atoms with E-state index in [0.29, 0.717) is 28.7 Å². The first-order chi connectivity index (χ1) is 10.3. The second-order valence-electron chi connectivity index (χ2n) is 4.57. The maximum atomic E-state index is 12.0. The zero-order chi connectivity index (χ0) is 14.7. The lowest BCUT2D eigenvalue weighted by Gasteiger charge is -2.09. The maximum absolute atomic E-state index is 12.0. The van der Waals surface area contributed by atoms with E-state index in [1.54, 1.807) is 6.07 Å². The highest BCUT2D eigenvalue weighted by Crippen LogP contribution is 2.20. The number of nitrogens with zero attached hydrogens (tertiary/aromatic N) is 2. The van der Waals surface area contributed by atoms with Crippen molar-refractivity contribution < 1.29 is 0 Å². The lowest BCUT2D eigenvalue weighted by Crippen LogP contribution is -2.11. The molecule has 102 valence electrons. The molecule has 0 aliphatic rings. The van der Waals surface area contributed by atoms with Crippen LogP contribution in [0.5, 0.6) is 0 Å². The molecule has 0 atom stereocenters. The fourth-order valence-electron chi connectivity index (χ4n) is 2.21.